The maximum Gasteiger partial charge on any atom is 0.271 e. The van der Waals surface area contributed by atoms with Crippen LogP contribution in [0.25, 0.3) is 11.3 Å². The van der Waals surface area contributed by atoms with Crippen LogP contribution in [0.4, 0.5) is 5.69 Å². The molecule has 0 aliphatic heterocycles. The van der Waals surface area contributed by atoms with Gasteiger partial charge in [-0.2, -0.15) is 0 Å². The number of aryl methyl sites for hydroxylation is 1. The fourth-order valence-corrected chi connectivity index (χ4v) is 4.30. The van der Waals surface area contributed by atoms with Gasteiger partial charge in [0.15, 0.2) is 5.76 Å². The third-order valence-corrected chi connectivity index (χ3v) is 6.20. The molecule has 0 fully saturated rings. The van der Waals surface area contributed by atoms with E-state index in [0.717, 1.165) is 21.5 Å². The molecule has 22 heavy (non-hydrogen) atoms. The van der Waals surface area contributed by atoms with Crippen molar-refractivity contribution in [3.05, 3.63) is 51.9 Å². The van der Waals surface area contributed by atoms with Gasteiger partial charge < -0.3 is 4.52 Å². The Labute approximate surface area is 140 Å². The van der Waals surface area contributed by atoms with Crippen LogP contribution in [0.3, 0.4) is 0 Å². The van der Waals surface area contributed by atoms with Gasteiger partial charge in [0, 0.05) is 27.2 Å². The van der Waals surface area contributed by atoms with Crippen LogP contribution in [0.1, 0.15) is 5.69 Å². The number of nitrogens with one attached hydrogen (secondary N) is 1. The molecule has 2 heterocycles. The lowest BCUT2D eigenvalue weighted by Crippen LogP contribution is -2.11. The zero-order valence-corrected chi connectivity index (χ0v) is 14.6. The van der Waals surface area contributed by atoms with Gasteiger partial charge in [0.25, 0.3) is 10.0 Å². The average molecular weight is 399 g/mol. The third kappa shape index (κ3) is 3.23. The highest BCUT2D eigenvalue weighted by atomic mass is 79.9. The summed E-state index contributed by atoms with van der Waals surface area (Å²) < 4.78 is 33.6. The first kappa shape index (κ1) is 15.3. The summed E-state index contributed by atoms with van der Waals surface area (Å²) in [5.41, 5.74) is 1.95. The van der Waals surface area contributed by atoms with E-state index in [2.05, 4.69) is 25.8 Å². The highest BCUT2D eigenvalue weighted by molar-refractivity contribution is 9.10. The van der Waals surface area contributed by atoms with E-state index >= 15 is 0 Å². The van der Waals surface area contributed by atoms with Crippen LogP contribution in [0.15, 0.2) is 55.0 Å². The zero-order chi connectivity index (χ0) is 15.7. The van der Waals surface area contributed by atoms with E-state index in [-0.39, 0.29) is 4.21 Å². The van der Waals surface area contributed by atoms with E-state index in [0.29, 0.717) is 17.0 Å². The van der Waals surface area contributed by atoms with Crippen molar-refractivity contribution in [3.63, 3.8) is 0 Å². The normalized spacial score (nSPS) is 11.5. The van der Waals surface area contributed by atoms with E-state index in [1.807, 2.05) is 6.92 Å². The fourth-order valence-electron chi connectivity index (χ4n) is 1.81. The predicted octanol–water partition coefficient (Wildman–Crippen LogP) is 4.27. The van der Waals surface area contributed by atoms with Gasteiger partial charge in [-0.05, 0) is 37.3 Å². The Morgan fingerprint density at radius 1 is 1.23 bits per heavy atom. The lowest BCUT2D eigenvalue weighted by molar-refractivity contribution is 0.427. The van der Waals surface area contributed by atoms with Gasteiger partial charge in [-0.1, -0.05) is 21.1 Å². The number of hydrogen-bond acceptors (Lipinski definition) is 5. The first-order valence-corrected chi connectivity index (χ1v) is 9.40. The van der Waals surface area contributed by atoms with Crippen molar-refractivity contribution in [2.75, 3.05) is 4.72 Å². The number of aromatic nitrogens is 1. The van der Waals surface area contributed by atoms with Crippen molar-refractivity contribution in [2.24, 2.45) is 0 Å². The Morgan fingerprint density at radius 2 is 1.95 bits per heavy atom. The highest BCUT2D eigenvalue weighted by Crippen LogP contribution is 2.30. The summed E-state index contributed by atoms with van der Waals surface area (Å²) in [7, 11) is -3.62. The number of benzene rings is 1. The van der Waals surface area contributed by atoms with Crippen molar-refractivity contribution in [1.82, 2.24) is 5.16 Å². The molecule has 1 aromatic carbocycles. The SMILES string of the molecule is Cc1cc(-c2csc(S(=O)(=O)Nc3ccc(Br)cc3)c2)on1. The molecule has 0 aliphatic rings. The third-order valence-electron chi connectivity index (χ3n) is 2.85. The van der Waals surface area contributed by atoms with Gasteiger partial charge >= 0.3 is 0 Å². The number of halogens is 1. The van der Waals surface area contributed by atoms with Gasteiger partial charge in [-0.3, -0.25) is 4.72 Å². The van der Waals surface area contributed by atoms with Gasteiger partial charge in [-0.25, -0.2) is 8.42 Å². The summed E-state index contributed by atoms with van der Waals surface area (Å²) in [5, 5.41) is 5.53. The second kappa shape index (κ2) is 5.86. The fraction of sp³-hybridized carbons (Fsp3) is 0.0714. The molecule has 3 aromatic rings. The second-order valence-corrected chi connectivity index (χ2v) is 8.34. The molecule has 8 heteroatoms. The molecule has 0 amide bonds. The lowest BCUT2D eigenvalue weighted by Gasteiger charge is -2.05. The van der Waals surface area contributed by atoms with Crippen LogP contribution >= 0.6 is 27.3 Å². The lowest BCUT2D eigenvalue weighted by atomic mass is 10.2. The summed E-state index contributed by atoms with van der Waals surface area (Å²) in [4.78, 5) is 0. The minimum atomic E-state index is -3.62. The molecule has 0 atom stereocenters. The molecule has 0 unspecified atom stereocenters. The van der Waals surface area contributed by atoms with Crippen molar-refractivity contribution in [3.8, 4) is 11.3 Å². The van der Waals surface area contributed by atoms with Crippen LogP contribution in [0, 0.1) is 6.92 Å². The highest BCUT2D eigenvalue weighted by Gasteiger charge is 2.18. The van der Waals surface area contributed by atoms with Crippen LogP contribution in [-0.4, -0.2) is 13.6 Å². The van der Waals surface area contributed by atoms with E-state index in [4.69, 9.17) is 4.52 Å². The molecule has 2 aromatic heterocycles. The number of rotatable bonds is 4. The van der Waals surface area contributed by atoms with Crippen molar-refractivity contribution in [2.45, 2.75) is 11.1 Å². The molecule has 5 nitrogen and oxygen atoms in total. The van der Waals surface area contributed by atoms with Crippen molar-refractivity contribution >= 4 is 43.0 Å². The molecule has 0 saturated heterocycles. The number of nitrogens with zero attached hydrogens (tertiary/aromatic N) is 1. The number of hydrogen-bond donors (Lipinski definition) is 1. The van der Waals surface area contributed by atoms with Crippen LogP contribution in [0.5, 0.6) is 0 Å². The molecule has 1 N–H and O–H groups in total. The van der Waals surface area contributed by atoms with Crippen LogP contribution < -0.4 is 4.72 Å². The number of anilines is 1. The summed E-state index contributed by atoms with van der Waals surface area (Å²) in [6.45, 7) is 1.81. The Kier molecular flexibility index (Phi) is 4.07. The largest absolute Gasteiger partial charge is 0.356 e. The molecule has 3 rings (SSSR count). The Morgan fingerprint density at radius 3 is 2.59 bits per heavy atom. The smallest absolute Gasteiger partial charge is 0.271 e. The van der Waals surface area contributed by atoms with Crippen molar-refractivity contribution in [1.29, 1.82) is 0 Å². The molecular weight excluding hydrogens is 388 g/mol. The molecule has 114 valence electrons. The second-order valence-electron chi connectivity index (χ2n) is 4.60. The Hall–Kier alpha value is -1.64. The van der Waals surface area contributed by atoms with Gasteiger partial charge in [-0.15, -0.1) is 11.3 Å². The maximum absolute atomic E-state index is 12.4. The minimum Gasteiger partial charge on any atom is -0.356 e. The minimum absolute atomic E-state index is 0.222. The van der Waals surface area contributed by atoms with Gasteiger partial charge in [0.05, 0.1) is 5.69 Å². The zero-order valence-electron chi connectivity index (χ0n) is 11.4. The summed E-state index contributed by atoms with van der Waals surface area (Å²) >= 11 is 4.45. The van der Waals surface area contributed by atoms with E-state index in [1.54, 1.807) is 41.8 Å². The first-order chi connectivity index (χ1) is 10.4. The monoisotopic (exact) mass is 398 g/mol. The standard InChI is InChI=1S/C14H11BrN2O3S2/c1-9-6-13(20-16-9)10-7-14(21-8-10)22(18,19)17-12-4-2-11(15)3-5-12/h2-8,17H,1H3. The van der Waals surface area contributed by atoms with Crippen LogP contribution in [-0.2, 0) is 10.0 Å². The quantitative estimate of drug-likeness (QED) is 0.711. The summed E-state index contributed by atoms with van der Waals surface area (Å²) in [5.74, 6) is 0.554. The molecule has 0 radical (unpaired) electrons. The van der Waals surface area contributed by atoms with Crippen molar-refractivity contribution < 1.29 is 12.9 Å². The Balaban J connectivity index is 1.86. The number of sulfonamides is 1. The molecule has 0 saturated carbocycles. The van der Waals surface area contributed by atoms with E-state index in [1.165, 1.54) is 0 Å². The first-order valence-electron chi connectivity index (χ1n) is 6.25. The van der Waals surface area contributed by atoms with Gasteiger partial charge in [0.2, 0.25) is 0 Å². The van der Waals surface area contributed by atoms with Gasteiger partial charge in [0.1, 0.15) is 4.21 Å². The molecule has 0 aliphatic carbocycles. The van der Waals surface area contributed by atoms with Crippen LogP contribution in [0.2, 0.25) is 0 Å². The molecule has 0 spiro atoms. The topological polar surface area (TPSA) is 72.2 Å². The summed E-state index contributed by atoms with van der Waals surface area (Å²) in [6, 6.07) is 10.3. The molecular formula is C14H11BrN2O3S2. The Bertz CT molecular complexity index is 898. The maximum atomic E-state index is 12.4. The van der Waals surface area contributed by atoms with E-state index < -0.39 is 10.0 Å². The number of thiophene rings is 1. The average Bonchev–Trinajstić information content (AvgIpc) is 3.10. The van der Waals surface area contributed by atoms with E-state index in [9.17, 15) is 8.42 Å². The summed E-state index contributed by atoms with van der Waals surface area (Å²) in [6.07, 6.45) is 0. The predicted molar refractivity (Wildman–Crippen MR) is 89.5 cm³/mol. The molecule has 0 bridgehead atoms.